The zero-order valence-corrected chi connectivity index (χ0v) is 12.7. The van der Waals surface area contributed by atoms with Crippen LogP contribution in [0.5, 0.6) is 0 Å². The lowest BCUT2D eigenvalue weighted by Crippen LogP contribution is -1.89. The van der Waals surface area contributed by atoms with Crippen molar-refractivity contribution in [2.75, 3.05) is 0 Å². The van der Waals surface area contributed by atoms with Crippen molar-refractivity contribution in [1.82, 2.24) is 4.98 Å². The number of hydrogen-bond acceptors (Lipinski definition) is 0. The number of rotatable bonds is 4. The predicted octanol–water partition coefficient (Wildman–Crippen LogP) is 6.15. The highest BCUT2D eigenvalue weighted by atomic mass is 35.5. The maximum atomic E-state index is 6.49. The number of H-pyrrole nitrogens is 1. The highest BCUT2D eigenvalue weighted by molar-refractivity contribution is 6.41. The second-order valence-corrected chi connectivity index (χ2v) is 5.36. The van der Waals surface area contributed by atoms with Crippen molar-refractivity contribution in [3.05, 3.63) is 51.7 Å². The first-order chi connectivity index (χ1) is 9.10. The SMILES string of the molecule is C=C/C(=C\c1c(C)c(Cl)c2cc[nH]c2c1Cl)CCC. The molecular formula is C16H17Cl2N. The van der Waals surface area contributed by atoms with Gasteiger partial charge in [-0.2, -0.15) is 0 Å². The number of hydrogen-bond donors (Lipinski definition) is 1. The number of benzene rings is 1. The summed E-state index contributed by atoms with van der Waals surface area (Å²) in [6.45, 7) is 8.00. The molecule has 1 heterocycles. The Kier molecular flexibility index (Phi) is 4.38. The summed E-state index contributed by atoms with van der Waals surface area (Å²) in [6.07, 6.45) is 7.88. The van der Waals surface area contributed by atoms with Gasteiger partial charge in [0.1, 0.15) is 0 Å². The minimum atomic E-state index is 0.720. The Morgan fingerprint density at radius 3 is 2.74 bits per heavy atom. The summed E-state index contributed by atoms with van der Waals surface area (Å²) in [5.74, 6) is 0. The van der Waals surface area contributed by atoms with Crippen molar-refractivity contribution in [2.45, 2.75) is 26.7 Å². The van der Waals surface area contributed by atoms with Crippen LogP contribution in [0.25, 0.3) is 17.0 Å². The van der Waals surface area contributed by atoms with Gasteiger partial charge in [0.15, 0.2) is 0 Å². The lowest BCUT2D eigenvalue weighted by molar-refractivity contribution is 0.932. The molecule has 1 nitrogen and oxygen atoms in total. The molecule has 100 valence electrons. The number of fused-ring (bicyclic) bond motifs is 1. The molecule has 0 spiro atoms. The van der Waals surface area contributed by atoms with Crippen LogP contribution in [0.15, 0.2) is 30.5 Å². The minimum absolute atomic E-state index is 0.720. The van der Waals surface area contributed by atoms with Crippen molar-refractivity contribution in [1.29, 1.82) is 0 Å². The summed E-state index contributed by atoms with van der Waals surface area (Å²) in [4.78, 5) is 3.15. The summed E-state index contributed by atoms with van der Waals surface area (Å²) in [7, 11) is 0. The maximum absolute atomic E-state index is 6.49. The summed E-state index contributed by atoms with van der Waals surface area (Å²) in [5, 5.41) is 2.45. The Labute approximate surface area is 123 Å². The second kappa shape index (κ2) is 5.85. The molecule has 0 aliphatic rings. The first kappa shape index (κ1) is 14.2. The lowest BCUT2D eigenvalue weighted by atomic mass is 10.0. The molecule has 1 aromatic carbocycles. The predicted molar refractivity (Wildman–Crippen MR) is 86.1 cm³/mol. The number of aromatic nitrogens is 1. The van der Waals surface area contributed by atoms with E-state index in [1.165, 1.54) is 5.57 Å². The van der Waals surface area contributed by atoms with Gasteiger partial charge < -0.3 is 4.98 Å². The fraction of sp³-hybridized carbons (Fsp3) is 0.250. The summed E-state index contributed by atoms with van der Waals surface area (Å²) < 4.78 is 0. The molecule has 0 saturated heterocycles. The third kappa shape index (κ3) is 2.58. The largest absolute Gasteiger partial charge is 0.360 e. The normalized spacial score (nSPS) is 12.1. The molecular weight excluding hydrogens is 277 g/mol. The monoisotopic (exact) mass is 293 g/mol. The fourth-order valence-corrected chi connectivity index (χ4v) is 2.84. The molecule has 0 amide bonds. The maximum Gasteiger partial charge on any atom is 0.0723 e. The Bertz CT molecular complexity index is 650. The fourth-order valence-electron chi connectivity index (χ4n) is 2.23. The standard InChI is InChI=1S/C16H17Cl2N/c1-4-6-11(5-2)9-13-10(3)14(17)12-7-8-19-16(12)15(13)18/h5,7-9,19H,2,4,6H2,1,3H3/b11-9+. The minimum Gasteiger partial charge on any atom is -0.360 e. The molecule has 0 aliphatic carbocycles. The molecule has 19 heavy (non-hydrogen) atoms. The molecule has 1 aromatic heterocycles. The van der Waals surface area contributed by atoms with Crippen LogP contribution in [-0.4, -0.2) is 4.98 Å². The van der Waals surface area contributed by atoms with Crippen LogP contribution in [0, 0.1) is 6.92 Å². The molecule has 0 atom stereocenters. The summed E-state index contributed by atoms with van der Waals surface area (Å²) >= 11 is 12.9. The highest BCUT2D eigenvalue weighted by Crippen LogP contribution is 2.37. The quantitative estimate of drug-likeness (QED) is 0.651. The van der Waals surface area contributed by atoms with E-state index in [0.717, 1.165) is 44.9 Å². The van der Waals surface area contributed by atoms with Crippen molar-refractivity contribution >= 4 is 40.2 Å². The van der Waals surface area contributed by atoms with Crippen LogP contribution in [0.3, 0.4) is 0 Å². The van der Waals surface area contributed by atoms with Gasteiger partial charge in [0.05, 0.1) is 15.6 Å². The van der Waals surface area contributed by atoms with Crippen LogP contribution in [0.2, 0.25) is 10.0 Å². The van der Waals surface area contributed by atoms with Crippen LogP contribution in [-0.2, 0) is 0 Å². The van der Waals surface area contributed by atoms with E-state index < -0.39 is 0 Å². The van der Waals surface area contributed by atoms with Gasteiger partial charge in [-0.05, 0) is 42.2 Å². The molecule has 0 fully saturated rings. The van der Waals surface area contributed by atoms with Crippen LogP contribution >= 0.6 is 23.2 Å². The van der Waals surface area contributed by atoms with Crippen LogP contribution < -0.4 is 0 Å². The van der Waals surface area contributed by atoms with Gasteiger partial charge in [0.25, 0.3) is 0 Å². The molecule has 1 N–H and O–H groups in total. The van der Waals surface area contributed by atoms with E-state index >= 15 is 0 Å². The number of halogens is 2. The van der Waals surface area contributed by atoms with E-state index in [-0.39, 0.29) is 0 Å². The van der Waals surface area contributed by atoms with E-state index in [2.05, 4.69) is 24.6 Å². The van der Waals surface area contributed by atoms with Gasteiger partial charge in [0, 0.05) is 11.6 Å². The summed E-state index contributed by atoms with van der Waals surface area (Å²) in [6, 6.07) is 1.95. The third-order valence-corrected chi connectivity index (χ3v) is 4.18. The topological polar surface area (TPSA) is 15.8 Å². The van der Waals surface area contributed by atoms with Crippen molar-refractivity contribution in [3.63, 3.8) is 0 Å². The number of nitrogens with one attached hydrogen (secondary N) is 1. The molecule has 2 aromatic rings. The molecule has 0 radical (unpaired) electrons. The highest BCUT2D eigenvalue weighted by Gasteiger charge is 2.14. The van der Waals surface area contributed by atoms with Gasteiger partial charge in [0.2, 0.25) is 0 Å². The third-order valence-electron chi connectivity index (χ3n) is 3.30. The zero-order valence-electron chi connectivity index (χ0n) is 11.2. The van der Waals surface area contributed by atoms with Crippen molar-refractivity contribution in [3.8, 4) is 0 Å². The van der Waals surface area contributed by atoms with E-state index in [1.54, 1.807) is 0 Å². The van der Waals surface area contributed by atoms with Crippen LogP contribution in [0.1, 0.15) is 30.9 Å². The molecule has 0 unspecified atom stereocenters. The molecule has 3 heteroatoms. The van der Waals surface area contributed by atoms with Gasteiger partial charge in [-0.25, -0.2) is 0 Å². The first-order valence-electron chi connectivity index (χ1n) is 6.37. The average Bonchev–Trinajstić information content (AvgIpc) is 2.89. The van der Waals surface area contributed by atoms with E-state index in [1.807, 2.05) is 25.3 Å². The molecule has 0 bridgehead atoms. The molecule has 2 rings (SSSR count). The second-order valence-electron chi connectivity index (χ2n) is 4.61. The lowest BCUT2D eigenvalue weighted by Gasteiger charge is -2.10. The van der Waals surface area contributed by atoms with E-state index in [9.17, 15) is 0 Å². The first-order valence-corrected chi connectivity index (χ1v) is 7.13. The molecule has 0 saturated carbocycles. The smallest absolute Gasteiger partial charge is 0.0723 e. The summed E-state index contributed by atoms with van der Waals surface area (Å²) in [5.41, 5.74) is 4.05. The number of allylic oxidation sites excluding steroid dienone is 2. The zero-order chi connectivity index (χ0) is 14.0. The Morgan fingerprint density at radius 1 is 1.37 bits per heavy atom. The van der Waals surface area contributed by atoms with Crippen LogP contribution in [0.4, 0.5) is 0 Å². The number of aromatic amines is 1. The van der Waals surface area contributed by atoms with Gasteiger partial charge in [-0.3, -0.25) is 0 Å². The van der Waals surface area contributed by atoms with Crippen molar-refractivity contribution in [2.24, 2.45) is 0 Å². The Balaban J connectivity index is 2.69. The van der Waals surface area contributed by atoms with Gasteiger partial charge >= 0.3 is 0 Å². The Hall–Kier alpha value is -1.18. The van der Waals surface area contributed by atoms with Crippen molar-refractivity contribution < 1.29 is 0 Å². The van der Waals surface area contributed by atoms with Gasteiger partial charge in [-0.15, -0.1) is 0 Å². The van der Waals surface area contributed by atoms with Gasteiger partial charge in [-0.1, -0.05) is 49.2 Å². The molecule has 0 aliphatic heterocycles. The Morgan fingerprint density at radius 2 is 2.11 bits per heavy atom. The van der Waals surface area contributed by atoms with E-state index in [4.69, 9.17) is 23.2 Å². The average molecular weight is 294 g/mol. The van der Waals surface area contributed by atoms with E-state index in [0.29, 0.717) is 0 Å².